The third-order valence-electron chi connectivity index (χ3n) is 5.11. The predicted octanol–water partition coefficient (Wildman–Crippen LogP) is 3.62. The summed E-state index contributed by atoms with van der Waals surface area (Å²) < 4.78 is 0. The lowest BCUT2D eigenvalue weighted by molar-refractivity contribution is 0.157. The van der Waals surface area contributed by atoms with Gasteiger partial charge in [0, 0.05) is 62.6 Å². The number of hydrogen-bond acceptors (Lipinski definition) is 4. The molecule has 4 heteroatoms. The second kappa shape index (κ2) is 9.28. The number of anilines is 1. The molecule has 1 heterocycles. The molecular weight excluding hydrogens is 298 g/mol. The van der Waals surface area contributed by atoms with Crippen molar-refractivity contribution in [1.82, 2.24) is 10.2 Å². The molecule has 0 aliphatic carbocycles. The molecule has 136 valence electrons. The fourth-order valence-corrected chi connectivity index (χ4v) is 3.62. The van der Waals surface area contributed by atoms with Gasteiger partial charge in [-0.3, -0.25) is 4.90 Å². The Hall–Kier alpha value is -1.26. The Morgan fingerprint density at radius 3 is 2.33 bits per heavy atom. The van der Waals surface area contributed by atoms with E-state index < -0.39 is 0 Å². The highest BCUT2D eigenvalue weighted by atomic mass is 16.3. The van der Waals surface area contributed by atoms with Gasteiger partial charge in [-0.05, 0) is 38.7 Å². The van der Waals surface area contributed by atoms with Gasteiger partial charge >= 0.3 is 0 Å². The monoisotopic (exact) mass is 333 g/mol. The molecule has 1 atom stereocenters. The van der Waals surface area contributed by atoms with Crippen LogP contribution in [0.2, 0.25) is 0 Å². The van der Waals surface area contributed by atoms with Crippen LogP contribution in [0.1, 0.15) is 52.1 Å². The van der Waals surface area contributed by atoms with Crippen molar-refractivity contribution in [2.45, 2.75) is 46.6 Å². The molecule has 0 bridgehead atoms. The summed E-state index contributed by atoms with van der Waals surface area (Å²) in [6.45, 7) is 15.0. The quantitative estimate of drug-likeness (QED) is 0.762. The first-order valence-corrected chi connectivity index (χ1v) is 9.59. The van der Waals surface area contributed by atoms with Crippen LogP contribution in [-0.2, 0) is 0 Å². The zero-order chi connectivity index (χ0) is 17.5. The maximum absolute atomic E-state index is 10.7. The molecule has 4 nitrogen and oxygen atoms in total. The highest BCUT2D eigenvalue weighted by Gasteiger charge is 2.24. The lowest BCUT2D eigenvalue weighted by Gasteiger charge is -2.36. The summed E-state index contributed by atoms with van der Waals surface area (Å²) >= 11 is 0. The highest BCUT2D eigenvalue weighted by molar-refractivity contribution is 5.54. The van der Waals surface area contributed by atoms with Gasteiger partial charge in [0.2, 0.25) is 0 Å². The number of nitrogens with one attached hydrogen (secondary N) is 1. The van der Waals surface area contributed by atoms with Crippen LogP contribution in [0.15, 0.2) is 18.2 Å². The van der Waals surface area contributed by atoms with Crippen LogP contribution in [0.25, 0.3) is 0 Å². The molecule has 0 radical (unpaired) electrons. The van der Waals surface area contributed by atoms with E-state index in [1.54, 1.807) is 0 Å². The standard InChI is InChI=1S/C20H35N3O/c1-5-22(6-2)17-8-9-18(20(24)15-17)19(10-7-16(3)4)23-13-11-21-12-14-23/h8-9,15-16,19,21,24H,5-7,10-14H2,1-4H3/t19-/m0/s1. The first kappa shape index (κ1) is 19.1. The maximum Gasteiger partial charge on any atom is 0.122 e. The van der Waals surface area contributed by atoms with Gasteiger partial charge in [0.15, 0.2) is 0 Å². The Morgan fingerprint density at radius 2 is 1.79 bits per heavy atom. The van der Waals surface area contributed by atoms with Crippen molar-refractivity contribution in [3.8, 4) is 5.75 Å². The molecule has 0 unspecified atom stereocenters. The van der Waals surface area contributed by atoms with Crippen molar-refractivity contribution in [2.75, 3.05) is 44.2 Å². The largest absolute Gasteiger partial charge is 0.508 e. The summed E-state index contributed by atoms with van der Waals surface area (Å²) in [4.78, 5) is 4.81. The molecule has 0 amide bonds. The molecule has 1 saturated heterocycles. The lowest BCUT2D eigenvalue weighted by atomic mass is 9.94. The molecule has 0 aromatic heterocycles. The second-order valence-electron chi connectivity index (χ2n) is 7.19. The number of hydrogen-bond donors (Lipinski definition) is 2. The Balaban J connectivity index is 2.23. The summed E-state index contributed by atoms with van der Waals surface area (Å²) in [5.41, 5.74) is 2.21. The molecule has 2 rings (SSSR count). The molecular formula is C20H35N3O. The zero-order valence-electron chi connectivity index (χ0n) is 15.9. The van der Waals surface area contributed by atoms with E-state index in [4.69, 9.17) is 0 Å². The van der Waals surface area contributed by atoms with Crippen LogP contribution < -0.4 is 10.2 Å². The number of rotatable bonds is 8. The van der Waals surface area contributed by atoms with Crippen LogP contribution in [0.4, 0.5) is 5.69 Å². The van der Waals surface area contributed by atoms with Crippen molar-refractivity contribution < 1.29 is 5.11 Å². The molecule has 2 N–H and O–H groups in total. The molecule has 1 aromatic rings. The van der Waals surface area contributed by atoms with Crippen molar-refractivity contribution in [3.05, 3.63) is 23.8 Å². The summed E-state index contributed by atoms with van der Waals surface area (Å²) in [6.07, 6.45) is 2.29. The topological polar surface area (TPSA) is 38.7 Å². The SMILES string of the molecule is CCN(CC)c1ccc([C@H](CCC(C)C)N2CCNCC2)c(O)c1. The summed E-state index contributed by atoms with van der Waals surface area (Å²) in [7, 11) is 0. The second-order valence-corrected chi connectivity index (χ2v) is 7.19. The summed E-state index contributed by atoms with van der Waals surface area (Å²) in [6, 6.07) is 6.59. The number of phenolic OH excluding ortho intramolecular Hbond substituents is 1. The first-order valence-electron chi connectivity index (χ1n) is 9.59. The number of benzene rings is 1. The molecule has 1 fully saturated rings. The average Bonchev–Trinajstić information content (AvgIpc) is 2.58. The number of nitrogens with zero attached hydrogens (tertiary/aromatic N) is 2. The normalized spacial score (nSPS) is 17.2. The van der Waals surface area contributed by atoms with E-state index in [1.807, 2.05) is 6.07 Å². The van der Waals surface area contributed by atoms with Gasteiger partial charge in [-0.2, -0.15) is 0 Å². The average molecular weight is 334 g/mol. The maximum atomic E-state index is 10.7. The van der Waals surface area contributed by atoms with E-state index in [0.29, 0.717) is 17.7 Å². The Labute approximate surface area is 147 Å². The summed E-state index contributed by atoms with van der Waals surface area (Å²) in [5.74, 6) is 1.14. The minimum Gasteiger partial charge on any atom is -0.508 e. The fourth-order valence-electron chi connectivity index (χ4n) is 3.62. The van der Waals surface area contributed by atoms with Crippen LogP contribution in [0.3, 0.4) is 0 Å². The van der Waals surface area contributed by atoms with Crippen molar-refractivity contribution in [1.29, 1.82) is 0 Å². The number of aromatic hydroxyl groups is 1. The first-order chi connectivity index (χ1) is 11.6. The van der Waals surface area contributed by atoms with Crippen LogP contribution in [0, 0.1) is 5.92 Å². The molecule has 1 aliphatic rings. The van der Waals surface area contributed by atoms with Gasteiger partial charge < -0.3 is 15.3 Å². The Kier molecular flexibility index (Phi) is 7.38. The number of piperazine rings is 1. The lowest BCUT2D eigenvalue weighted by Crippen LogP contribution is -2.45. The van der Waals surface area contributed by atoms with E-state index in [9.17, 15) is 5.11 Å². The van der Waals surface area contributed by atoms with Gasteiger partial charge in [-0.25, -0.2) is 0 Å². The van der Waals surface area contributed by atoms with Crippen LogP contribution >= 0.6 is 0 Å². The Bertz CT molecular complexity index is 494. The van der Waals surface area contributed by atoms with Gasteiger partial charge in [-0.1, -0.05) is 19.9 Å². The van der Waals surface area contributed by atoms with Crippen molar-refractivity contribution in [3.63, 3.8) is 0 Å². The van der Waals surface area contributed by atoms with Crippen LogP contribution in [0.5, 0.6) is 5.75 Å². The van der Waals surface area contributed by atoms with Gasteiger partial charge in [0.05, 0.1) is 0 Å². The van der Waals surface area contributed by atoms with E-state index in [1.165, 1.54) is 6.42 Å². The van der Waals surface area contributed by atoms with E-state index in [0.717, 1.165) is 56.9 Å². The molecule has 0 saturated carbocycles. The van der Waals surface area contributed by atoms with Gasteiger partial charge in [0.25, 0.3) is 0 Å². The predicted molar refractivity (Wildman–Crippen MR) is 103 cm³/mol. The van der Waals surface area contributed by atoms with Crippen molar-refractivity contribution in [2.24, 2.45) is 5.92 Å². The third kappa shape index (κ3) is 4.87. The fraction of sp³-hybridized carbons (Fsp3) is 0.700. The minimum absolute atomic E-state index is 0.320. The van der Waals surface area contributed by atoms with Gasteiger partial charge in [-0.15, -0.1) is 0 Å². The highest BCUT2D eigenvalue weighted by Crippen LogP contribution is 2.35. The molecule has 24 heavy (non-hydrogen) atoms. The minimum atomic E-state index is 0.320. The molecule has 1 aromatic carbocycles. The molecule has 0 spiro atoms. The number of phenols is 1. The van der Waals surface area contributed by atoms with E-state index in [2.05, 4.69) is 54.9 Å². The Morgan fingerprint density at radius 1 is 1.12 bits per heavy atom. The van der Waals surface area contributed by atoms with E-state index in [-0.39, 0.29) is 0 Å². The molecule has 1 aliphatic heterocycles. The smallest absolute Gasteiger partial charge is 0.122 e. The van der Waals surface area contributed by atoms with E-state index >= 15 is 0 Å². The van der Waals surface area contributed by atoms with Gasteiger partial charge in [0.1, 0.15) is 5.75 Å². The third-order valence-corrected chi connectivity index (χ3v) is 5.11. The van der Waals surface area contributed by atoms with Crippen molar-refractivity contribution >= 4 is 5.69 Å². The summed E-state index contributed by atoms with van der Waals surface area (Å²) in [5, 5.41) is 14.2. The van der Waals surface area contributed by atoms with Crippen LogP contribution in [-0.4, -0.2) is 49.3 Å². The zero-order valence-corrected chi connectivity index (χ0v) is 15.9.